The van der Waals surface area contributed by atoms with Gasteiger partial charge in [-0.2, -0.15) is 0 Å². The molecule has 1 N–H and O–H groups in total. The molecule has 0 saturated carbocycles. The maximum atomic E-state index is 14.7. The Morgan fingerprint density at radius 2 is 1.48 bits per heavy atom. The Balaban J connectivity index is 1.55. The van der Waals surface area contributed by atoms with Crippen LogP contribution in [0.1, 0.15) is 58.5 Å². The Morgan fingerprint density at radius 3 is 2.10 bits per heavy atom. The molecule has 8 heteroatoms. The summed E-state index contributed by atoms with van der Waals surface area (Å²) in [5.41, 5.74) is 1.87. The van der Waals surface area contributed by atoms with Crippen LogP contribution in [-0.4, -0.2) is 52.6 Å². The predicted octanol–water partition coefficient (Wildman–Crippen LogP) is 4.61. The van der Waals surface area contributed by atoms with Gasteiger partial charge in [0.25, 0.3) is 11.8 Å². The second-order valence-electron chi connectivity index (χ2n) is 10.4. The third-order valence-electron chi connectivity index (χ3n) is 6.90. The number of nitrogens with one attached hydrogen (secondary N) is 1. The van der Waals surface area contributed by atoms with Gasteiger partial charge in [-0.15, -0.1) is 0 Å². The lowest BCUT2D eigenvalue weighted by molar-refractivity contribution is -0.141. The molecule has 0 unspecified atom stereocenters. The van der Waals surface area contributed by atoms with E-state index in [4.69, 9.17) is 0 Å². The standard InChI is InChI=1S/C32H34FN3O4/c1-22(2)20-34-30(38)28(19-23-11-4-3-5-12-23)36(21-24-13-6-9-16-27(24)33)29(37)17-10-18-35-31(39)25-14-7-8-15-26(25)32(35)40/h3-9,11-16,22,28H,10,17-21H2,1-2H3,(H,34,38)/t28-/m0/s1. The summed E-state index contributed by atoms with van der Waals surface area (Å²) >= 11 is 0. The average Bonchev–Trinajstić information content (AvgIpc) is 3.20. The molecule has 0 saturated heterocycles. The summed E-state index contributed by atoms with van der Waals surface area (Å²) in [5, 5.41) is 2.94. The zero-order valence-corrected chi connectivity index (χ0v) is 22.8. The highest BCUT2D eigenvalue weighted by Crippen LogP contribution is 2.23. The minimum atomic E-state index is -0.882. The van der Waals surface area contributed by atoms with Crippen LogP contribution in [0.2, 0.25) is 0 Å². The number of carbonyl (C=O) groups is 4. The first-order chi connectivity index (χ1) is 19.3. The van der Waals surface area contributed by atoms with Crippen LogP contribution in [0.5, 0.6) is 0 Å². The number of rotatable bonds is 12. The smallest absolute Gasteiger partial charge is 0.261 e. The second-order valence-corrected chi connectivity index (χ2v) is 10.4. The fourth-order valence-corrected chi connectivity index (χ4v) is 4.76. The van der Waals surface area contributed by atoms with E-state index in [9.17, 15) is 23.6 Å². The van der Waals surface area contributed by atoms with Gasteiger partial charge < -0.3 is 10.2 Å². The molecule has 208 valence electrons. The van der Waals surface area contributed by atoms with Crippen LogP contribution in [-0.2, 0) is 22.6 Å². The molecule has 7 nitrogen and oxygen atoms in total. The molecule has 4 amide bonds. The topological polar surface area (TPSA) is 86.8 Å². The van der Waals surface area contributed by atoms with Gasteiger partial charge in [0.1, 0.15) is 11.9 Å². The minimum Gasteiger partial charge on any atom is -0.354 e. The number of halogens is 1. The van der Waals surface area contributed by atoms with E-state index in [0.717, 1.165) is 10.5 Å². The van der Waals surface area contributed by atoms with Crippen molar-refractivity contribution < 1.29 is 23.6 Å². The molecule has 0 aliphatic carbocycles. The highest BCUT2D eigenvalue weighted by Gasteiger charge is 2.35. The molecular weight excluding hydrogens is 509 g/mol. The predicted molar refractivity (Wildman–Crippen MR) is 150 cm³/mol. The van der Waals surface area contributed by atoms with Crippen molar-refractivity contribution >= 4 is 23.6 Å². The SMILES string of the molecule is CC(C)CNC(=O)[C@H](Cc1ccccc1)N(Cc1ccccc1F)C(=O)CCCN1C(=O)c2ccccc2C1=O. The quantitative estimate of drug-likeness (QED) is 0.338. The molecule has 0 aromatic heterocycles. The number of fused-ring (bicyclic) bond motifs is 1. The van der Waals surface area contributed by atoms with Gasteiger partial charge in [-0.25, -0.2) is 4.39 Å². The number of imide groups is 1. The normalized spacial score (nSPS) is 13.3. The van der Waals surface area contributed by atoms with Gasteiger partial charge in [-0.05, 0) is 36.1 Å². The Bertz CT molecular complexity index is 1340. The maximum Gasteiger partial charge on any atom is 0.261 e. The molecule has 0 radical (unpaired) electrons. The van der Waals surface area contributed by atoms with E-state index < -0.39 is 11.9 Å². The lowest BCUT2D eigenvalue weighted by atomic mass is 10.0. The van der Waals surface area contributed by atoms with Crippen LogP contribution >= 0.6 is 0 Å². The number of nitrogens with zero attached hydrogens (tertiary/aromatic N) is 2. The molecule has 3 aromatic carbocycles. The number of hydrogen-bond acceptors (Lipinski definition) is 4. The van der Waals surface area contributed by atoms with Gasteiger partial charge in [-0.3, -0.25) is 24.1 Å². The van der Waals surface area contributed by atoms with Gasteiger partial charge in [0, 0.05) is 38.0 Å². The number of hydrogen-bond donors (Lipinski definition) is 1. The largest absolute Gasteiger partial charge is 0.354 e. The highest BCUT2D eigenvalue weighted by molar-refractivity contribution is 6.21. The van der Waals surface area contributed by atoms with E-state index in [1.54, 1.807) is 42.5 Å². The van der Waals surface area contributed by atoms with Crippen molar-refractivity contribution in [2.45, 2.75) is 45.7 Å². The Kier molecular flexibility index (Phi) is 9.43. The summed E-state index contributed by atoms with van der Waals surface area (Å²) in [5.74, 6) is -1.70. The Labute approximate surface area is 234 Å². The van der Waals surface area contributed by atoms with E-state index in [-0.39, 0.29) is 61.9 Å². The molecule has 40 heavy (non-hydrogen) atoms. The van der Waals surface area contributed by atoms with Crippen LogP contribution in [0.15, 0.2) is 78.9 Å². The number of benzene rings is 3. The van der Waals surface area contributed by atoms with Crippen LogP contribution in [0.3, 0.4) is 0 Å². The summed E-state index contributed by atoms with van der Waals surface area (Å²) < 4.78 is 14.7. The van der Waals surface area contributed by atoms with Crippen molar-refractivity contribution in [3.8, 4) is 0 Å². The molecular formula is C32H34FN3O4. The zero-order valence-electron chi connectivity index (χ0n) is 22.8. The summed E-state index contributed by atoms with van der Waals surface area (Å²) in [7, 11) is 0. The summed E-state index contributed by atoms with van der Waals surface area (Å²) in [4.78, 5) is 55.2. The van der Waals surface area contributed by atoms with Crippen molar-refractivity contribution in [2.75, 3.05) is 13.1 Å². The lowest BCUT2D eigenvalue weighted by Gasteiger charge is -2.32. The maximum absolute atomic E-state index is 14.7. The zero-order chi connectivity index (χ0) is 28.6. The van der Waals surface area contributed by atoms with Crippen molar-refractivity contribution in [1.29, 1.82) is 0 Å². The van der Waals surface area contributed by atoms with Crippen molar-refractivity contribution in [2.24, 2.45) is 5.92 Å². The van der Waals surface area contributed by atoms with E-state index in [1.807, 2.05) is 44.2 Å². The van der Waals surface area contributed by atoms with Crippen LogP contribution in [0.4, 0.5) is 4.39 Å². The van der Waals surface area contributed by atoms with E-state index in [0.29, 0.717) is 23.2 Å². The third kappa shape index (κ3) is 6.81. The Morgan fingerprint density at radius 1 is 0.875 bits per heavy atom. The van der Waals surface area contributed by atoms with E-state index in [2.05, 4.69) is 5.32 Å². The summed E-state index contributed by atoms with van der Waals surface area (Å²) in [6, 6.07) is 21.3. The van der Waals surface area contributed by atoms with Crippen LogP contribution in [0.25, 0.3) is 0 Å². The molecule has 4 rings (SSSR count). The van der Waals surface area contributed by atoms with E-state index >= 15 is 0 Å². The molecule has 3 aromatic rings. The Hall–Kier alpha value is -4.33. The lowest BCUT2D eigenvalue weighted by Crippen LogP contribution is -2.51. The average molecular weight is 544 g/mol. The second kappa shape index (κ2) is 13.2. The first kappa shape index (κ1) is 28.7. The van der Waals surface area contributed by atoms with Gasteiger partial charge in [0.15, 0.2) is 0 Å². The monoisotopic (exact) mass is 543 g/mol. The minimum absolute atomic E-state index is 0.0232. The number of carbonyl (C=O) groups excluding carboxylic acids is 4. The molecule has 1 aliphatic heterocycles. The van der Waals surface area contributed by atoms with Crippen molar-refractivity contribution in [3.63, 3.8) is 0 Å². The van der Waals surface area contributed by atoms with E-state index in [1.165, 1.54) is 11.0 Å². The van der Waals surface area contributed by atoms with Crippen molar-refractivity contribution in [1.82, 2.24) is 15.1 Å². The van der Waals surface area contributed by atoms with Gasteiger partial charge >= 0.3 is 0 Å². The summed E-state index contributed by atoms with van der Waals surface area (Å²) in [6.07, 6.45) is 0.442. The van der Waals surface area contributed by atoms with Gasteiger partial charge in [0.2, 0.25) is 11.8 Å². The molecule has 0 fully saturated rings. The molecule has 1 aliphatic rings. The molecule has 1 atom stereocenters. The third-order valence-corrected chi connectivity index (χ3v) is 6.90. The first-order valence-electron chi connectivity index (χ1n) is 13.6. The first-order valence-corrected chi connectivity index (χ1v) is 13.6. The number of amides is 4. The fraction of sp³-hybridized carbons (Fsp3) is 0.312. The molecule has 0 bridgehead atoms. The molecule has 1 heterocycles. The van der Waals surface area contributed by atoms with Gasteiger partial charge in [0.05, 0.1) is 11.1 Å². The fourth-order valence-electron chi connectivity index (χ4n) is 4.76. The molecule has 0 spiro atoms. The summed E-state index contributed by atoms with van der Waals surface area (Å²) in [6.45, 7) is 4.37. The van der Waals surface area contributed by atoms with Crippen LogP contribution < -0.4 is 5.32 Å². The van der Waals surface area contributed by atoms with Crippen LogP contribution in [0, 0.1) is 11.7 Å². The van der Waals surface area contributed by atoms with Gasteiger partial charge in [-0.1, -0.05) is 74.5 Å². The van der Waals surface area contributed by atoms with Crippen molar-refractivity contribution in [3.05, 3.63) is 107 Å². The highest BCUT2D eigenvalue weighted by atomic mass is 19.1.